The third kappa shape index (κ3) is 4.85. The van der Waals surface area contributed by atoms with Crippen molar-refractivity contribution in [2.45, 2.75) is 19.4 Å². The van der Waals surface area contributed by atoms with Gasteiger partial charge in [-0.1, -0.05) is 18.2 Å². The second-order valence-corrected chi connectivity index (χ2v) is 4.01. The lowest BCUT2D eigenvalue weighted by molar-refractivity contribution is -0.142. The van der Waals surface area contributed by atoms with Crippen molar-refractivity contribution in [3.8, 4) is 0 Å². The molecule has 2 aromatic rings. The minimum Gasteiger partial charge on any atom is -0.468 e. The Kier molecular flexibility index (Phi) is 8.63. The van der Waals surface area contributed by atoms with E-state index in [4.69, 9.17) is 10.8 Å². The number of nitrogens with one attached hydrogen (secondary N) is 1. The summed E-state index contributed by atoms with van der Waals surface area (Å²) in [6.45, 7) is 1.93. The van der Waals surface area contributed by atoms with E-state index in [2.05, 4.69) is 9.72 Å². The van der Waals surface area contributed by atoms with E-state index in [0.717, 1.165) is 16.5 Å². The highest BCUT2D eigenvalue weighted by molar-refractivity contribution is 5.85. The van der Waals surface area contributed by atoms with Crippen LogP contribution in [0.5, 0.6) is 0 Å². The second kappa shape index (κ2) is 9.36. The molecule has 1 aromatic carbocycles. The molecule has 0 aliphatic carbocycles. The van der Waals surface area contributed by atoms with E-state index in [9.17, 15) is 4.79 Å². The number of nitrogens with two attached hydrogens (primary N) is 1. The Morgan fingerprint density at radius 3 is 2.65 bits per heavy atom. The number of aliphatic hydroxyl groups is 1. The molecule has 0 spiro atoms. The maximum atomic E-state index is 11.2. The first-order valence-electron chi connectivity index (χ1n) is 6.13. The van der Waals surface area contributed by atoms with Gasteiger partial charge >= 0.3 is 5.97 Å². The zero-order valence-electron chi connectivity index (χ0n) is 11.6. The fourth-order valence-electron chi connectivity index (χ4n) is 1.77. The molecule has 0 aliphatic heterocycles. The van der Waals surface area contributed by atoms with Crippen molar-refractivity contribution < 1.29 is 14.6 Å². The number of esters is 1. The van der Waals surface area contributed by atoms with Crippen molar-refractivity contribution >= 4 is 29.3 Å². The monoisotopic (exact) mass is 300 g/mol. The van der Waals surface area contributed by atoms with Gasteiger partial charge in [-0.15, -0.1) is 12.4 Å². The van der Waals surface area contributed by atoms with Gasteiger partial charge in [0.05, 0.1) is 7.11 Å². The van der Waals surface area contributed by atoms with Crippen LogP contribution in [0.1, 0.15) is 12.5 Å². The largest absolute Gasteiger partial charge is 0.468 e. The smallest absolute Gasteiger partial charge is 0.322 e. The Hall–Kier alpha value is -1.56. The quantitative estimate of drug-likeness (QED) is 0.752. The summed E-state index contributed by atoms with van der Waals surface area (Å²) in [5, 5.41) is 8.67. The highest BCUT2D eigenvalue weighted by atomic mass is 35.5. The molecule has 112 valence electrons. The third-order valence-electron chi connectivity index (χ3n) is 2.62. The number of H-pyrrole nitrogens is 1. The van der Waals surface area contributed by atoms with Crippen LogP contribution in [0.2, 0.25) is 0 Å². The Bertz CT molecular complexity index is 528. The van der Waals surface area contributed by atoms with Crippen molar-refractivity contribution in [2.24, 2.45) is 5.73 Å². The predicted molar refractivity (Wildman–Crippen MR) is 82.0 cm³/mol. The second-order valence-electron chi connectivity index (χ2n) is 4.01. The minimum atomic E-state index is -0.607. The zero-order chi connectivity index (χ0) is 14.3. The lowest BCUT2D eigenvalue weighted by atomic mass is 10.1. The number of carbonyl (C=O) groups excluding carboxylic acids is 1. The lowest BCUT2D eigenvalue weighted by Crippen LogP contribution is -2.33. The summed E-state index contributed by atoms with van der Waals surface area (Å²) in [6, 6.07) is 7.31. The van der Waals surface area contributed by atoms with Gasteiger partial charge < -0.3 is 20.6 Å². The minimum absolute atomic E-state index is 0. The number of methoxy groups -OCH3 is 1. The molecule has 1 heterocycles. The number of para-hydroxylation sites is 1. The van der Waals surface area contributed by atoms with Crippen LogP contribution in [0, 0.1) is 0 Å². The molecule has 0 saturated carbocycles. The molecule has 0 radical (unpaired) electrons. The predicted octanol–water partition coefficient (Wildman–Crippen LogP) is 1.63. The van der Waals surface area contributed by atoms with Crippen LogP contribution in [0.4, 0.5) is 0 Å². The van der Waals surface area contributed by atoms with Crippen LogP contribution in [-0.4, -0.2) is 35.8 Å². The number of rotatable bonds is 3. The number of aromatic amines is 1. The van der Waals surface area contributed by atoms with E-state index in [1.807, 2.05) is 30.5 Å². The molecule has 2 rings (SSSR count). The molecule has 20 heavy (non-hydrogen) atoms. The van der Waals surface area contributed by atoms with E-state index < -0.39 is 6.04 Å². The molecule has 0 fully saturated rings. The Labute approximate surface area is 124 Å². The summed E-state index contributed by atoms with van der Waals surface area (Å²) >= 11 is 0. The summed E-state index contributed by atoms with van der Waals surface area (Å²) in [6.07, 6.45) is 2.37. The van der Waals surface area contributed by atoms with E-state index in [1.165, 1.54) is 7.11 Å². The maximum Gasteiger partial charge on any atom is 0.322 e. The summed E-state index contributed by atoms with van der Waals surface area (Å²) in [5.74, 6) is -0.384. The maximum absolute atomic E-state index is 11.2. The van der Waals surface area contributed by atoms with Crippen molar-refractivity contribution in [1.29, 1.82) is 0 Å². The fourth-order valence-corrected chi connectivity index (χ4v) is 1.77. The van der Waals surface area contributed by atoms with Gasteiger partial charge in [-0.2, -0.15) is 0 Å². The molecule has 5 nitrogen and oxygen atoms in total. The highest BCUT2D eigenvalue weighted by Gasteiger charge is 2.16. The molecule has 1 unspecified atom stereocenters. The Morgan fingerprint density at radius 2 is 2.05 bits per heavy atom. The van der Waals surface area contributed by atoms with Gasteiger partial charge in [0.2, 0.25) is 0 Å². The molecule has 0 aliphatic rings. The molecular formula is C14H21ClN2O3. The van der Waals surface area contributed by atoms with Gasteiger partial charge in [-0.3, -0.25) is 4.79 Å². The first-order valence-corrected chi connectivity index (χ1v) is 6.13. The molecule has 0 amide bonds. The molecule has 0 bridgehead atoms. The summed E-state index contributed by atoms with van der Waals surface area (Å²) in [7, 11) is 1.34. The van der Waals surface area contributed by atoms with E-state index >= 15 is 0 Å². The Balaban J connectivity index is 0.000000830. The first kappa shape index (κ1) is 18.4. The van der Waals surface area contributed by atoms with Gasteiger partial charge in [-0.05, 0) is 18.6 Å². The molecule has 0 saturated heterocycles. The molecule has 4 N–H and O–H groups in total. The van der Waals surface area contributed by atoms with Gasteiger partial charge in [0.25, 0.3) is 0 Å². The first-order chi connectivity index (χ1) is 9.13. The topological polar surface area (TPSA) is 88.3 Å². The zero-order valence-corrected chi connectivity index (χ0v) is 12.4. The van der Waals surface area contributed by atoms with Crippen LogP contribution in [-0.2, 0) is 16.0 Å². The molecule has 1 aromatic heterocycles. The summed E-state index contributed by atoms with van der Waals surface area (Å²) in [4.78, 5) is 14.4. The number of ether oxygens (including phenoxy) is 1. The van der Waals surface area contributed by atoms with Crippen LogP contribution in [0.3, 0.4) is 0 Å². The number of hydrogen-bond donors (Lipinski definition) is 3. The van der Waals surface area contributed by atoms with Crippen LogP contribution in [0.15, 0.2) is 30.5 Å². The Morgan fingerprint density at radius 1 is 1.45 bits per heavy atom. The summed E-state index contributed by atoms with van der Waals surface area (Å²) in [5.41, 5.74) is 7.81. The normalized spacial score (nSPS) is 11.0. The van der Waals surface area contributed by atoms with E-state index in [0.29, 0.717) is 6.42 Å². The number of fused-ring (bicyclic) bond motifs is 1. The number of carbonyl (C=O) groups is 1. The number of aromatic nitrogens is 1. The average molecular weight is 301 g/mol. The number of halogens is 1. The molecular weight excluding hydrogens is 280 g/mol. The van der Waals surface area contributed by atoms with Gasteiger partial charge in [0, 0.05) is 30.1 Å². The standard InChI is InChI=1S/C12H14N2O2.C2H6O.ClH/c1-16-12(15)10(13)6-8-7-14-11-5-3-2-4-9(8)11;1-2-3;/h2-5,7,10,14H,6,13H2,1H3;3H,2H2,1H3;1H. The highest BCUT2D eigenvalue weighted by Crippen LogP contribution is 2.18. The molecule has 1 atom stereocenters. The number of hydrogen-bond acceptors (Lipinski definition) is 4. The number of aliphatic hydroxyl groups excluding tert-OH is 1. The lowest BCUT2D eigenvalue weighted by Gasteiger charge is -2.07. The van der Waals surface area contributed by atoms with Gasteiger partial charge in [-0.25, -0.2) is 0 Å². The van der Waals surface area contributed by atoms with E-state index in [1.54, 1.807) is 6.92 Å². The van der Waals surface area contributed by atoms with Crippen molar-refractivity contribution in [2.75, 3.05) is 13.7 Å². The van der Waals surface area contributed by atoms with Crippen LogP contribution < -0.4 is 5.73 Å². The average Bonchev–Trinajstić information content (AvgIpc) is 2.82. The van der Waals surface area contributed by atoms with Crippen LogP contribution in [0.25, 0.3) is 10.9 Å². The number of benzene rings is 1. The summed E-state index contributed by atoms with van der Waals surface area (Å²) < 4.78 is 4.60. The SMILES string of the molecule is CCO.COC(=O)C(N)Cc1c[nH]c2ccccc12.Cl. The van der Waals surface area contributed by atoms with Crippen molar-refractivity contribution in [1.82, 2.24) is 4.98 Å². The van der Waals surface area contributed by atoms with Gasteiger partial charge in [0.15, 0.2) is 0 Å². The van der Waals surface area contributed by atoms with Gasteiger partial charge in [0.1, 0.15) is 6.04 Å². The van der Waals surface area contributed by atoms with Crippen molar-refractivity contribution in [3.63, 3.8) is 0 Å². The van der Waals surface area contributed by atoms with E-state index in [-0.39, 0.29) is 25.0 Å². The third-order valence-corrected chi connectivity index (χ3v) is 2.62. The van der Waals surface area contributed by atoms with Crippen LogP contribution >= 0.6 is 12.4 Å². The molecule has 6 heteroatoms. The van der Waals surface area contributed by atoms with Crippen molar-refractivity contribution in [3.05, 3.63) is 36.0 Å². The fraction of sp³-hybridized carbons (Fsp3) is 0.357.